The van der Waals surface area contributed by atoms with Crippen molar-refractivity contribution in [3.05, 3.63) is 76.6 Å². The number of anilines is 1. The number of hydrogen-bond donors (Lipinski definition) is 0. The van der Waals surface area contributed by atoms with E-state index in [-0.39, 0.29) is 46.8 Å². The number of halogens is 1. The van der Waals surface area contributed by atoms with Crippen LogP contribution >= 0.6 is 22.9 Å². The Kier molecular flexibility index (Phi) is 7.02. The van der Waals surface area contributed by atoms with Crippen LogP contribution in [0.25, 0.3) is 0 Å². The van der Waals surface area contributed by atoms with Gasteiger partial charge in [-0.05, 0) is 47.8 Å². The molecule has 2 heterocycles. The van der Waals surface area contributed by atoms with E-state index in [1.165, 1.54) is 40.5 Å². The zero-order chi connectivity index (χ0) is 24.5. The molecule has 8 nitrogen and oxygen atoms in total. The van der Waals surface area contributed by atoms with Crippen molar-refractivity contribution in [1.29, 1.82) is 0 Å². The third kappa shape index (κ3) is 4.84. The van der Waals surface area contributed by atoms with E-state index in [2.05, 4.69) is 0 Å². The molecule has 180 valence electrons. The summed E-state index contributed by atoms with van der Waals surface area (Å²) in [5.41, 5.74) is 0.613. The number of sulfonamides is 2. The fourth-order valence-electron chi connectivity index (χ4n) is 3.61. The highest BCUT2D eigenvalue weighted by Gasteiger charge is 2.31. The maximum absolute atomic E-state index is 13.1. The number of amides is 1. The molecule has 34 heavy (non-hydrogen) atoms. The molecule has 0 N–H and O–H groups in total. The van der Waals surface area contributed by atoms with Gasteiger partial charge >= 0.3 is 0 Å². The van der Waals surface area contributed by atoms with Crippen LogP contribution in [0.4, 0.5) is 5.69 Å². The lowest BCUT2D eigenvalue weighted by Crippen LogP contribution is -2.50. The van der Waals surface area contributed by atoms with Gasteiger partial charge in [-0.1, -0.05) is 29.8 Å². The maximum atomic E-state index is 13.1. The molecule has 0 aliphatic carbocycles. The van der Waals surface area contributed by atoms with Crippen molar-refractivity contribution >= 4 is 54.6 Å². The van der Waals surface area contributed by atoms with Gasteiger partial charge in [0.2, 0.25) is 0 Å². The van der Waals surface area contributed by atoms with Gasteiger partial charge in [-0.2, -0.15) is 4.31 Å². The Morgan fingerprint density at radius 3 is 2.29 bits per heavy atom. The second-order valence-electron chi connectivity index (χ2n) is 7.61. The number of benzene rings is 2. The molecule has 1 amide bonds. The lowest BCUT2D eigenvalue weighted by molar-refractivity contribution is 0.0697. The van der Waals surface area contributed by atoms with Gasteiger partial charge in [0, 0.05) is 43.8 Å². The van der Waals surface area contributed by atoms with Gasteiger partial charge in [0.05, 0.1) is 10.6 Å². The largest absolute Gasteiger partial charge is 0.336 e. The first kappa shape index (κ1) is 24.7. The highest BCUT2D eigenvalue weighted by molar-refractivity contribution is 7.92. The molecule has 1 aromatic heterocycles. The summed E-state index contributed by atoms with van der Waals surface area (Å²) in [7, 11) is -6.09. The summed E-state index contributed by atoms with van der Waals surface area (Å²) in [5.74, 6) is -0.351. The molecule has 1 saturated heterocycles. The van der Waals surface area contributed by atoms with E-state index in [1.54, 1.807) is 41.8 Å². The minimum Gasteiger partial charge on any atom is -0.336 e. The van der Waals surface area contributed by atoms with Crippen molar-refractivity contribution in [3.8, 4) is 0 Å². The lowest BCUT2D eigenvalue weighted by Gasteiger charge is -2.33. The highest BCUT2D eigenvalue weighted by Crippen LogP contribution is 2.26. The Morgan fingerprint density at radius 2 is 1.65 bits per heavy atom. The van der Waals surface area contributed by atoms with Crippen LogP contribution in [-0.4, -0.2) is 65.2 Å². The van der Waals surface area contributed by atoms with Gasteiger partial charge in [0.25, 0.3) is 26.0 Å². The third-order valence-electron chi connectivity index (χ3n) is 5.53. The zero-order valence-electron chi connectivity index (χ0n) is 18.2. The molecule has 0 unspecified atom stereocenters. The molecule has 2 aromatic carbocycles. The number of carbonyl (C=O) groups is 1. The molecule has 0 atom stereocenters. The van der Waals surface area contributed by atoms with Crippen molar-refractivity contribution in [2.24, 2.45) is 0 Å². The normalized spacial score (nSPS) is 15.3. The standard InChI is InChI=1S/C22H22ClN3O5S3/c1-24(19-7-3-6-18(23)16-19)33(28,29)20-8-2-5-17(15-20)22(27)25-10-12-26(13-11-25)34(30,31)21-9-4-14-32-21/h2-9,14-16H,10-13H2,1H3. The second kappa shape index (κ2) is 9.67. The summed E-state index contributed by atoms with van der Waals surface area (Å²) in [6, 6.07) is 15.6. The number of nitrogens with zero attached hydrogens (tertiary/aromatic N) is 3. The predicted molar refractivity (Wildman–Crippen MR) is 132 cm³/mol. The molecule has 0 bridgehead atoms. The summed E-state index contributed by atoms with van der Waals surface area (Å²) in [6.07, 6.45) is 0. The summed E-state index contributed by atoms with van der Waals surface area (Å²) in [5, 5.41) is 2.11. The Labute approximate surface area is 208 Å². The van der Waals surface area contributed by atoms with E-state index >= 15 is 0 Å². The predicted octanol–water partition coefficient (Wildman–Crippen LogP) is 3.37. The van der Waals surface area contributed by atoms with E-state index in [9.17, 15) is 21.6 Å². The molecule has 0 radical (unpaired) electrons. The smallest absolute Gasteiger partial charge is 0.264 e. The maximum Gasteiger partial charge on any atom is 0.264 e. The molecule has 1 aliphatic heterocycles. The van der Waals surface area contributed by atoms with Crippen LogP contribution in [0.2, 0.25) is 5.02 Å². The van der Waals surface area contributed by atoms with E-state index in [0.29, 0.717) is 10.7 Å². The van der Waals surface area contributed by atoms with E-state index in [1.807, 2.05) is 0 Å². The number of thiophene rings is 1. The molecular formula is C22H22ClN3O5S3. The summed E-state index contributed by atoms with van der Waals surface area (Å²) >= 11 is 7.15. The van der Waals surface area contributed by atoms with E-state index in [4.69, 9.17) is 11.6 Å². The Morgan fingerprint density at radius 1 is 0.941 bits per heavy atom. The molecule has 1 fully saturated rings. The first-order valence-corrected chi connectivity index (χ1v) is 14.4. The molecule has 0 spiro atoms. The first-order chi connectivity index (χ1) is 16.1. The third-order valence-corrected chi connectivity index (χ3v) is 10.8. The average molecular weight is 540 g/mol. The number of piperazine rings is 1. The van der Waals surface area contributed by atoms with Crippen LogP contribution in [0.5, 0.6) is 0 Å². The molecule has 3 aromatic rings. The monoisotopic (exact) mass is 539 g/mol. The van der Waals surface area contributed by atoms with Gasteiger partial charge in [0.15, 0.2) is 0 Å². The highest BCUT2D eigenvalue weighted by atomic mass is 35.5. The molecule has 0 saturated carbocycles. The van der Waals surface area contributed by atoms with E-state index < -0.39 is 20.0 Å². The summed E-state index contributed by atoms with van der Waals surface area (Å²) in [6.45, 7) is 0.759. The van der Waals surface area contributed by atoms with Crippen molar-refractivity contribution in [2.75, 3.05) is 37.5 Å². The van der Waals surface area contributed by atoms with Gasteiger partial charge in [-0.3, -0.25) is 9.10 Å². The van der Waals surface area contributed by atoms with Crippen LogP contribution in [0.15, 0.2) is 75.1 Å². The summed E-state index contributed by atoms with van der Waals surface area (Å²) < 4.78 is 54.4. The Hall–Kier alpha value is -2.44. The molecule has 1 aliphatic rings. The zero-order valence-corrected chi connectivity index (χ0v) is 21.4. The van der Waals surface area contributed by atoms with Gasteiger partial charge < -0.3 is 4.90 Å². The minimum absolute atomic E-state index is 0.0280. The molecular weight excluding hydrogens is 518 g/mol. The molecule has 12 heteroatoms. The van der Waals surface area contributed by atoms with Crippen molar-refractivity contribution < 1.29 is 21.6 Å². The average Bonchev–Trinajstić information content (AvgIpc) is 3.39. The number of rotatable bonds is 6. The van der Waals surface area contributed by atoms with Gasteiger partial charge in [-0.25, -0.2) is 16.8 Å². The van der Waals surface area contributed by atoms with E-state index in [0.717, 1.165) is 15.6 Å². The second-order valence-corrected chi connectivity index (χ2v) is 13.1. The van der Waals surface area contributed by atoms with Crippen molar-refractivity contribution in [1.82, 2.24) is 9.21 Å². The van der Waals surface area contributed by atoms with Crippen LogP contribution in [0.1, 0.15) is 10.4 Å². The molecule has 4 rings (SSSR count). The number of carbonyl (C=O) groups excluding carboxylic acids is 1. The van der Waals surface area contributed by atoms with Crippen LogP contribution in [0.3, 0.4) is 0 Å². The fourth-order valence-corrected chi connectivity index (χ4v) is 7.60. The first-order valence-electron chi connectivity index (χ1n) is 10.3. The van der Waals surface area contributed by atoms with Crippen LogP contribution in [0, 0.1) is 0 Å². The van der Waals surface area contributed by atoms with Gasteiger partial charge in [-0.15, -0.1) is 11.3 Å². The fraction of sp³-hybridized carbons (Fsp3) is 0.227. The lowest BCUT2D eigenvalue weighted by atomic mass is 10.2. The Balaban J connectivity index is 1.49. The minimum atomic E-state index is -3.93. The van der Waals surface area contributed by atoms with Crippen molar-refractivity contribution in [3.63, 3.8) is 0 Å². The van der Waals surface area contributed by atoms with Crippen LogP contribution < -0.4 is 4.31 Å². The SMILES string of the molecule is CN(c1cccc(Cl)c1)S(=O)(=O)c1cccc(C(=O)N2CCN(S(=O)(=O)c3cccs3)CC2)c1. The Bertz CT molecular complexity index is 1400. The van der Waals surface area contributed by atoms with Gasteiger partial charge in [0.1, 0.15) is 4.21 Å². The summed E-state index contributed by atoms with van der Waals surface area (Å²) in [4.78, 5) is 14.6. The van der Waals surface area contributed by atoms with Crippen molar-refractivity contribution in [2.45, 2.75) is 9.10 Å². The van der Waals surface area contributed by atoms with Crippen LogP contribution in [-0.2, 0) is 20.0 Å². The number of hydrogen-bond acceptors (Lipinski definition) is 6. The quantitative estimate of drug-likeness (QED) is 0.478. The topological polar surface area (TPSA) is 95.1 Å².